The van der Waals surface area contributed by atoms with Crippen LogP contribution in [0.2, 0.25) is 0 Å². The summed E-state index contributed by atoms with van der Waals surface area (Å²) in [7, 11) is 3.22. The molecule has 1 N–H and O–H groups in total. The molecule has 1 aromatic rings. The first-order valence-electron chi connectivity index (χ1n) is 9.19. The highest BCUT2D eigenvalue weighted by Crippen LogP contribution is 2.42. The van der Waals surface area contributed by atoms with Crippen molar-refractivity contribution >= 4 is 11.7 Å². The summed E-state index contributed by atoms with van der Waals surface area (Å²) in [5, 5.41) is 3.04. The summed E-state index contributed by atoms with van der Waals surface area (Å²) >= 11 is 0. The minimum Gasteiger partial charge on any atom is -0.497 e. The quantitative estimate of drug-likeness (QED) is 0.834. The van der Waals surface area contributed by atoms with Gasteiger partial charge in [-0.1, -0.05) is 11.6 Å². The Bertz CT molecular complexity index is 680. The van der Waals surface area contributed by atoms with Gasteiger partial charge in [-0.15, -0.1) is 0 Å². The number of benzene rings is 1. The zero-order valence-corrected chi connectivity index (χ0v) is 15.0. The van der Waals surface area contributed by atoms with E-state index in [2.05, 4.69) is 16.3 Å². The van der Waals surface area contributed by atoms with E-state index in [1.807, 2.05) is 12.1 Å². The van der Waals surface area contributed by atoms with Gasteiger partial charge in [-0.05, 0) is 56.6 Å². The molecular formula is C20H26N2O3. The molecule has 0 spiro atoms. The fourth-order valence-electron chi connectivity index (χ4n) is 4.20. The molecule has 3 fully saturated rings. The van der Waals surface area contributed by atoms with Gasteiger partial charge in [0.25, 0.3) is 0 Å². The Morgan fingerprint density at radius 1 is 1.12 bits per heavy atom. The first-order chi connectivity index (χ1) is 12.2. The minimum absolute atomic E-state index is 0.0126. The number of anilines is 1. The van der Waals surface area contributed by atoms with E-state index in [9.17, 15) is 4.79 Å². The van der Waals surface area contributed by atoms with Crippen molar-refractivity contribution in [2.45, 2.75) is 50.6 Å². The third-order valence-electron chi connectivity index (χ3n) is 5.59. The van der Waals surface area contributed by atoms with E-state index in [4.69, 9.17) is 9.47 Å². The van der Waals surface area contributed by atoms with Crippen molar-refractivity contribution in [3.63, 3.8) is 0 Å². The Labute approximate surface area is 149 Å². The predicted octanol–water partition coefficient (Wildman–Crippen LogP) is 4.20. The summed E-state index contributed by atoms with van der Waals surface area (Å²) in [5.41, 5.74) is 2.26. The Morgan fingerprint density at radius 2 is 1.84 bits per heavy atom. The number of hydrogen-bond acceptors (Lipinski definition) is 3. The van der Waals surface area contributed by atoms with E-state index in [1.165, 1.54) is 12.8 Å². The number of urea groups is 1. The maximum atomic E-state index is 12.9. The third kappa shape index (κ3) is 3.32. The van der Waals surface area contributed by atoms with Gasteiger partial charge in [0.15, 0.2) is 0 Å². The summed E-state index contributed by atoms with van der Waals surface area (Å²) in [6, 6.07) is 6.12. The molecule has 1 saturated carbocycles. The molecule has 5 heteroatoms. The van der Waals surface area contributed by atoms with Crippen LogP contribution in [0.3, 0.4) is 0 Å². The molecular weight excluding hydrogens is 316 g/mol. The molecule has 2 bridgehead atoms. The lowest BCUT2D eigenvalue weighted by Crippen LogP contribution is -2.46. The fourth-order valence-corrected chi connectivity index (χ4v) is 4.20. The van der Waals surface area contributed by atoms with E-state index in [0.717, 1.165) is 31.6 Å². The number of nitrogens with zero attached hydrogens (tertiary/aromatic N) is 1. The summed E-state index contributed by atoms with van der Waals surface area (Å²) in [4.78, 5) is 15.0. The summed E-state index contributed by atoms with van der Waals surface area (Å²) in [6.07, 6.45) is 9.48. The van der Waals surface area contributed by atoms with E-state index in [-0.39, 0.29) is 6.03 Å². The topological polar surface area (TPSA) is 50.8 Å². The number of carbonyl (C=O) groups excluding carboxylic acids is 1. The Morgan fingerprint density at radius 3 is 2.44 bits per heavy atom. The molecule has 2 aliphatic heterocycles. The Balaban J connectivity index is 1.47. The lowest BCUT2D eigenvalue weighted by Gasteiger charge is -2.36. The van der Waals surface area contributed by atoms with Gasteiger partial charge in [0.2, 0.25) is 0 Å². The largest absolute Gasteiger partial charge is 0.497 e. The fraction of sp³-hybridized carbons (Fsp3) is 0.550. The molecule has 25 heavy (non-hydrogen) atoms. The number of carbonyl (C=O) groups is 1. The van der Waals surface area contributed by atoms with Gasteiger partial charge in [0, 0.05) is 18.2 Å². The van der Waals surface area contributed by atoms with Crippen LogP contribution in [0, 0.1) is 5.92 Å². The number of fused-ring (bicyclic) bond motifs is 2. The van der Waals surface area contributed by atoms with Gasteiger partial charge in [-0.3, -0.25) is 0 Å². The SMILES string of the molecule is COc1ccc(NC(=O)N2C3CCC2CC(=CC2CC2)C3)c(OC)c1. The van der Waals surface area contributed by atoms with Crippen molar-refractivity contribution in [2.24, 2.45) is 5.92 Å². The van der Waals surface area contributed by atoms with Gasteiger partial charge in [-0.2, -0.15) is 0 Å². The maximum absolute atomic E-state index is 12.9. The molecule has 4 rings (SSSR count). The number of hydrogen-bond donors (Lipinski definition) is 1. The zero-order valence-electron chi connectivity index (χ0n) is 15.0. The lowest BCUT2D eigenvalue weighted by atomic mass is 9.96. The monoisotopic (exact) mass is 342 g/mol. The molecule has 3 aliphatic rings. The first kappa shape index (κ1) is 16.3. The molecule has 5 nitrogen and oxygen atoms in total. The summed E-state index contributed by atoms with van der Waals surface area (Å²) < 4.78 is 10.6. The average molecular weight is 342 g/mol. The number of methoxy groups -OCH3 is 2. The number of allylic oxidation sites excluding steroid dienone is 1. The van der Waals surface area contributed by atoms with Crippen molar-refractivity contribution < 1.29 is 14.3 Å². The molecule has 0 radical (unpaired) electrons. The van der Waals surface area contributed by atoms with Crippen molar-refractivity contribution in [3.8, 4) is 11.5 Å². The lowest BCUT2D eigenvalue weighted by molar-refractivity contribution is 0.173. The van der Waals surface area contributed by atoms with Crippen LogP contribution in [0.15, 0.2) is 29.8 Å². The second-order valence-corrected chi connectivity index (χ2v) is 7.36. The number of amides is 2. The minimum atomic E-state index is -0.0126. The first-order valence-corrected chi connectivity index (χ1v) is 9.19. The molecule has 2 unspecified atom stereocenters. The molecule has 1 aromatic carbocycles. The van der Waals surface area contributed by atoms with Crippen molar-refractivity contribution in [1.29, 1.82) is 0 Å². The van der Waals surface area contributed by atoms with E-state index in [1.54, 1.807) is 25.9 Å². The molecule has 2 atom stereocenters. The van der Waals surface area contributed by atoms with Gasteiger partial charge < -0.3 is 19.7 Å². The molecule has 0 aromatic heterocycles. The van der Waals surface area contributed by atoms with Crippen LogP contribution in [0.1, 0.15) is 38.5 Å². The van der Waals surface area contributed by atoms with Crippen LogP contribution in [0.25, 0.3) is 0 Å². The average Bonchev–Trinajstić information content (AvgIpc) is 3.39. The van der Waals surface area contributed by atoms with Gasteiger partial charge in [-0.25, -0.2) is 4.79 Å². The molecule has 2 heterocycles. The molecule has 1 aliphatic carbocycles. The van der Waals surface area contributed by atoms with Crippen molar-refractivity contribution in [3.05, 3.63) is 29.8 Å². The summed E-state index contributed by atoms with van der Waals surface area (Å²) in [5.74, 6) is 2.15. The molecule has 2 saturated heterocycles. The normalized spacial score (nSPS) is 24.9. The smallest absolute Gasteiger partial charge is 0.322 e. The number of ether oxygens (including phenoxy) is 2. The van der Waals surface area contributed by atoms with Crippen LogP contribution in [0.5, 0.6) is 11.5 Å². The van der Waals surface area contributed by atoms with Gasteiger partial charge in [0.1, 0.15) is 11.5 Å². The highest BCUT2D eigenvalue weighted by atomic mass is 16.5. The number of rotatable bonds is 4. The highest BCUT2D eigenvalue weighted by molar-refractivity contribution is 5.92. The highest BCUT2D eigenvalue weighted by Gasteiger charge is 2.41. The second kappa shape index (κ2) is 6.62. The van der Waals surface area contributed by atoms with Gasteiger partial charge in [0.05, 0.1) is 19.9 Å². The van der Waals surface area contributed by atoms with Crippen LogP contribution in [-0.2, 0) is 0 Å². The zero-order chi connectivity index (χ0) is 17.4. The van der Waals surface area contributed by atoms with Crippen LogP contribution in [-0.4, -0.2) is 37.2 Å². The number of piperidine rings is 1. The van der Waals surface area contributed by atoms with Crippen LogP contribution >= 0.6 is 0 Å². The molecule has 134 valence electrons. The van der Waals surface area contributed by atoms with Crippen molar-refractivity contribution in [2.75, 3.05) is 19.5 Å². The second-order valence-electron chi connectivity index (χ2n) is 7.36. The Hall–Kier alpha value is -2.17. The maximum Gasteiger partial charge on any atom is 0.322 e. The van der Waals surface area contributed by atoms with Crippen molar-refractivity contribution in [1.82, 2.24) is 4.90 Å². The van der Waals surface area contributed by atoms with Crippen LogP contribution < -0.4 is 14.8 Å². The van der Waals surface area contributed by atoms with Crippen LogP contribution in [0.4, 0.5) is 10.5 Å². The van der Waals surface area contributed by atoms with E-state index < -0.39 is 0 Å². The number of nitrogens with one attached hydrogen (secondary N) is 1. The van der Waals surface area contributed by atoms with E-state index in [0.29, 0.717) is 29.3 Å². The van der Waals surface area contributed by atoms with Gasteiger partial charge >= 0.3 is 6.03 Å². The summed E-state index contributed by atoms with van der Waals surface area (Å²) in [6.45, 7) is 0. The van der Waals surface area contributed by atoms with E-state index >= 15 is 0 Å². The Kier molecular flexibility index (Phi) is 4.32. The molecule has 2 amide bonds. The predicted molar refractivity (Wildman–Crippen MR) is 97.3 cm³/mol. The standard InChI is InChI=1S/C20H26N2O3/c1-24-17-7-8-18(19(12-17)25-2)21-20(23)22-15-5-6-16(22)11-14(10-15)9-13-3-4-13/h7-9,12-13,15-16H,3-6,10-11H2,1-2H3,(H,21,23). The third-order valence-corrected chi connectivity index (χ3v) is 5.59.